The van der Waals surface area contributed by atoms with Crippen LogP contribution in [0.2, 0.25) is 0 Å². The van der Waals surface area contributed by atoms with Crippen molar-refractivity contribution in [1.29, 1.82) is 5.26 Å². The summed E-state index contributed by atoms with van der Waals surface area (Å²) in [6.45, 7) is 1.95. The minimum Gasteiger partial charge on any atom is -0.231 e. The molecule has 1 aromatic carbocycles. The lowest BCUT2D eigenvalue weighted by Gasteiger charge is -2.02. The van der Waals surface area contributed by atoms with Gasteiger partial charge in [0.05, 0.1) is 11.6 Å². The molecule has 0 aliphatic rings. The van der Waals surface area contributed by atoms with Crippen LogP contribution in [0, 0.1) is 18.3 Å². The fourth-order valence-corrected chi connectivity index (χ4v) is 2.66. The second-order valence-electron chi connectivity index (χ2n) is 3.43. The van der Waals surface area contributed by atoms with Crippen LogP contribution in [-0.4, -0.2) is 9.97 Å². The molecule has 0 amide bonds. The monoisotopic (exact) mass is 305 g/mol. The van der Waals surface area contributed by atoms with Crippen LogP contribution >= 0.6 is 27.7 Å². The average molecular weight is 306 g/mol. The Morgan fingerprint density at radius 3 is 2.59 bits per heavy atom. The third kappa shape index (κ3) is 3.29. The standard InChI is InChI=1S/C12H8BrN3S/c1-8-6-15-12(16-7-8)17-11-3-9(5-14)2-10(13)4-11/h2-4,6-7H,1H3. The van der Waals surface area contributed by atoms with Crippen LogP contribution in [0.4, 0.5) is 0 Å². The van der Waals surface area contributed by atoms with Gasteiger partial charge >= 0.3 is 0 Å². The Morgan fingerprint density at radius 1 is 1.24 bits per heavy atom. The molecule has 3 nitrogen and oxygen atoms in total. The summed E-state index contributed by atoms with van der Waals surface area (Å²) in [6.07, 6.45) is 3.55. The van der Waals surface area contributed by atoms with Gasteiger partial charge in [0.25, 0.3) is 0 Å². The van der Waals surface area contributed by atoms with Crippen LogP contribution in [0.5, 0.6) is 0 Å². The highest BCUT2D eigenvalue weighted by Crippen LogP contribution is 2.28. The predicted octanol–water partition coefficient (Wildman–Crippen LogP) is 3.57. The quantitative estimate of drug-likeness (QED) is 0.796. The fourth-order valence-electron chi connectivity index (χ4n) is 1.23. The van der Waals surface area contributed by atoms with Crippen LogP contribution < -0.4 is 0 Å². The van der Waals surface area contributed by atoms with Gasteiger partial charge in [0.1, 0.15) is 0 Å². The number of hydrogen-bond acceptors (Lipinski definition) is 4. The van der Waals surface area contributed by atoms with Gasteiger partial charge in [-0.15, -0.1) is 0 Å². The molecule has 0 fully saturated rings. The number of nitrogens with zero attached hydrogens (tertiary/aromatic N) is 3. The van der Waals surface area contributed by atoms with E-state index in [2.05, 4.69) is 32.0 Å². The molecule has 0 aliphatic carbocycles. The minimum absolute atomic E-state index is 0.619. The Balaban J connectivity index is 2.27. The smallest absolute Gasteiger partial charge is 0.192 e. The van der Waals surface area contributed by atoms with E-state index in [4.69, 9.17) is 5.26 Å². The van der Waals surface area contributed by atoms with Crippen molar-refractivity contribution in [3.8, 4) is 6.07 Å². The average Bonchev–Trinajstić information content (AvgIpc) is 2.31. The number of aryl methyl sites for hydroxylation is 1. The van der Waals surface area contributed by atoms with Gasteiger partial charge in [0.15, 0.2) is 5.16 Å². The van der Waals surface area contributed by atoms with Crippen LogP contribution in [0.1, 0.15) is 11.1 Å². The van der Waals surface area contributed by atoms with E-state index >= 15 is 0 Å². The minimum atomic E-state index is 0.619. The zero-order valence-corrected chi connectivity index (χ0v) is 11.4. The maximum atomic E-state index is 8.88. The molecule has 17 heavy (non-hydrogen) atoms. The van der Waals surface area contributed by atoms with Crippen molar-refractivity contribution in [1.82, 2.24) is 9.97 Å². The molecule has 5 heteroatoms. The summed E-state index contributed by atoms with van der Waals surface area (Å²) in [7, 11) is 0. The normalized spacial score (nSPS) is 9.94. The number of hydrogen-bond donors (Lipinski definition) is 0. The highest BCUT2D eigenvalue weighted by atomic mass is 79.9. The molecule has 0 N–H and O–H groups in total. The van der Waals surface area contributed by atoms with Crippen molar-refractivity contribution in [2.45, 2.75) is 17.0 Å². The number of halogens is 1. The topological polar surface area (TPSA) is 49.6 Å². The summed E-state index contributed by atoms with van der Waals surface area (Å²) < 4.78 is 0.881. The lowest BCUT2D eigenvalue weighted by atomic mass is 10.2. The first-order valence-electron chi connectivity index (χ1n) is 4.84. The predicted molar refractivity (Wildman–Crippen MR) is 69.7 cm³/mol. The van der Waals surface area contributed by atoms with E-state index in [1.165, 1.54) is 11.8 Å². The summed E-state index contributed by atoms with van der Waals surface area (Å²) >= 11 is 4.81. The third-order valence-corrected chi connectivity index (χ3v) is 3.29. The maximum absolute atomic E-state index is 8.88. The molecule has 0 spiro atoms. The van der Waals surface area contributed by atoms with Gasteiger partial charge < -0.3 is 0 Å². The summed E-state index contributed by atoms with van der Waals surface area (Å²) in [5, 5.41) is 9.56. The first kappa shape index (κ1) is 12.1. The van der Waals surface area contributed by atoms with Crippen molar-refractivity contribution in [2.24, 2.45) is 0 Å². The lowest BCUT2D eigenvalue weighted by molar-refractivity contribution is 0.950. The Hall–Kier alpha value is -1.38. The number of benzene rings is 1. The van der Waals surface area contributed by atoms with Crippen molar-refractivity contribution >= 4 is 27.7 Å². The Labute approximate surface area is 112 Å². The molecule has 1 aromatic heterocycles. The van der Waals surface area contributed by atoms with E-state index < -0.39 is 0 Å². The Morgan fingerprint density at radius 2 is 1.94 bits per heavy atom. The zero-order valence-electron chi connectivity index (χ0n) is 9.01. The van der Waals surface area contributed by atoms with Gasteiger partial charge in [-0.05, 0) is 42.4 Å². The molecule has 2 aromatic rings. The molecule has 0 bridgehead atoms. The molecule has 0 radical (unpaired) electrons. The highest BCUT2D eigenvalue weighted by molar-refractivity contribution is 9.10. The lowest BCUT2D eigenvalue weighted by Crippen LogP contribution is -1.87. The Bertz CT molecular complexity index is 575. The van der Waals surface area contributed by atoms with Crippen molar-refractivity contribution < 1.29 is 0 Å². The molecule has 2 rings (SSSR count). The van der Waals surface area contributed by atoms with Gasteiger partial charge in [-0.2, -0.15) is 5.26 Å². The highest BCUT2D eigenvalue weighted by Gasteiger charge is 2.03. The van der Waals surface area contributed by atoms with E-state index in [0.717, 1.165) is 14.9 Å². The van der Waals surface area contributed by atoms with Crippen LogP contribution in [-0.2, 0) is 0 Å². The summed E-state index contributed by atoms with van der Waals surface area (Å²) in [5.74, 6) is 0. The van der Waals surface area contributed by atoms with E-state index in [1.807, 2.05) is 19.1 Å². The summed E-state index contributed by atoms with van der Waals surface area (Å²) in [4.78, 5) is 9.37. The maximum Gasteiger partial charge on any atom is 0.192 e. The zero-order chi connectivity index (χ0) is 12.3. The fraction of sp³-hybridized carbons (Fsp3) is 0.0833. The summed E-state index contributed by atoms with van der Waals surface area (Å²) in [5.41, 5.74) is 1.65. The SMILES string of the molecule is Cc1cnc(Sc2cc(Br)cc(C#N)c2)nc1. The number of rotatable bonds is 2. The molecule has 0 saturated heterocycles. The van der Waals surface area contributed by atoms with Gasteiger partial charge in [-0.1, -0.05) is 15.9 Å². The van der Waals surface area contributed by atoms with Gasteiger partial charge in [0.2, 0.25) is 0 Å². The van der Waals surface area contributed by atoms with E-state index in [1.54, 1.807) is 18.5 Å². The largest absolute Gasteiger partial charge is 0.231 e. The summed E-state index contributed by atoms with van der Waals surface area (Å²) in [6, 6.07) is 7.65. The molecular formula is C12H8BrN3S. The number of nitriles is 1. The first-order valence-corrected chi connectivity index (χ1v) is 6.45. The molecule has 0 aliphatic heterocycles. The Kier molecular flexibility index (Phi) is 3.77. The van der Waals surface area contributed by atoms with Crippen molar-refractivity contribution in [3.63, 3.8) is 0 Å². The van der Waals surface area contributed by atoms with E-state index in [9.17, 15) is 0 Å². The van der Waals surface area contributed by atoms with Crippen LogP contribution in [0.3, 0.4) is 0 Å². The van der Waals surface area contributed by atoms with E-state index in [0.29, 0.717) is 10.7 Å². The van der Waals surface area contributed by atoms with Gasteiger partial charge in [-0.3, -0.25) is 0 Å². The van der Waals surface area contributed by atoms with E-state index in [-0.39, 0.29) is 0 Å². The van der Waals surface area contributed by atoms with Gasteiger partial charge in [-0.25, -0.2) is 9.97 Å². The van der Waals surface area contributed by atoms with Crippen molar-refractivity contribution in [2.75, 3.05) is 0 Å². The molecular weight excluding hydrogens is 298 g/mol. The van der Waals surface area contributed by atoms with Gasteiger partial charge in [0, 0.05) is 21.8 Å². The van der Waals surface area contributed by atoms with Crippen molar-refractivity contribution in [3.05, 3.63) is 46.2 Å². The van der Waals surface area contributed by atoms with Crippen LogP contribution in [0.15, 0.2) is 45.1 Å². The first-order chi connectivity index (χ1) is 8.17. The molecule has 0 saturated carbocycles. The second-order valence-corrected chi connectivity index (χ2v) is 5.39. The van der Waals surface area contributed by atoms with Crippen LogP contribution in [0.25, 0.3) is 0 Å². The number of aromatic nitrogens is 2. The molecule has 1 heterocycles. The molecule has 84 valence electrons. The molecule has 0 unspecified atom stereocenters. The third-order valence-electron chi connectivity index (χ3n) is 1.97. The second kappa shape index (κ2) is 5.30. The molecule has 0 atom stereocenters.